The lowest BCUT2D eigenvalue weighted by Gasteiger charge is -2.27. The second kappa shape index (κ2) is 7.51. The van der Waals surface area contributed by atoms with Crippen LogP contribution in [-0.4, -0.2) is 11.2 Å². The molecule has 0 aliphatic rings. The van der Waals surface area contributed by atoms with Gasteiger partial charge in [0.1, 0.15) is 0 Å². The minimum absolute atomic E-state index is 0.134. The van der Waals surface area contributed by atoms with E-state index in [-0.39, 0.29) is 16.8 Å². The molecule has 2 nitrogen and oxygen atoms in total. The Morgan fingerprint density at radius 1 is 1.14 bits per heavy atom. The van der Waals surface area contributed by atoms with Gasteiger partial charge in [0.15, 0.2) is 5.11 Å². The number of anilines is 1. The minimum atomic E-state index is -4.50. The number of thiocarbonyl (C=S) groups is 1. The van der Waals surface area contributed by atoms with Crippen molar-refractivity contribution in [2.45, 2.75) is 39.9 Å². The molecule has 0 unspecified atom stereocenters. The van der Waals surface area contributed by atoms with E-state index in [1.54, 1.807) is 0 Å². The van der Waals surface area contributed by atoms with Gasteiger partial charge >= 0.3 is 6.18 Å². The highest BCUT2D eigenvalue weighted by Crippen LogP contribution is 2.36. The Morgan fingerprint density at radius 3 is 2.14 bits per heavy atom. The SMILES string of the molecule is CC(C)C(NC(=S)Nc1ccc(Cl)c(C(F)(F)F)c1)C(C)C. The van der Waals surface area contributed by atoms with Gasteiger partial charge in [-0.05, 0) is 42.3 Å². The smallest absolute Gasteiger partial charge is 0.359 e. The third kappa shape index (κ3) is 5.32. The van der Waals surface area contributed by atoms with Gasteiger partial charge in [0.2, 0.25) is 0 Å². The quantitative estimate of drug-likeness (QED) is 0.716. The summed E-state index contributed by atoms with van der Waals surface area (Å²) < 4.78 is 38.5. The highest BCUT2D eigenvalue weighted by Gasteiger charge is 2.33. The van der Waals surface area contributed by atoms with Crippen LogP contribution < -0.4 is 10.6 Å². The zero-order valence-electron chi connectivity index (χ0n) is 12.9. The summed E-state index contributed by atoms with van der Waals surface area (Å²) in [5.41, 5.74) is -0.633. The van der Waals surface area contributed by atoms with E-state index in [2.05, 4.69) is 38.3 Å². The average Bonchev–Trinajstić information content (AvgIpc) is 2.36. The molecule has 0 aliphatic carbocycles. The van der Waals surface area contributed by atoms with Gasteiger partial charge < -0.3 is 10.6 Å². The largest absolute Gasteiger partial charge is 0.417 e. The summed E-state index contributed by atoms with van der Waals surface area (Å²) in [7, 11) is 0. The Bertz CT molecular complexity index is 522. The predicted octanol–water partition coefficient (Wildman–Crippen LogP) is 5.33. The highest BCUT2D eigenvalue weighted by atomic mass is 35.5. The fraction of sp³-hybridized carbons (Fsp3) is 0.533. The van der Waals surface area contributed by atoms with E-state index in [0.29, 0.717) is 16.9 Å². The van der Waals surface area contributed by atoms with Crippen LogP contribution in [0.4, 0.5) is 18.9 Å². The van der Waals surface area contributed by atoms with E-state index in [1.165, 1.54) is 12.1 Å². The van der Waals surface area contributed by atoms with Crippen LogP contribution in [-0.2, 0) is 6.18 Å². The van der Waals surface area contributed by atoms with Crippen molar-refractivity contribution in [3.63, 3.8) is 0 Å². The molecule has 0 heterocycles. The summed E-state index contributed by atoms with van der Waals surface area (Å²) in [6.45, 7) is 8.24. The van der Waals surface area contributed by atoms with Crippen LogP contribution in [0.5, 0.6) is 0 Å². The number of benzene rings is 1. The standard InChI is InChI=1S/C15H20ClF3N2S/c1-8(2)13(9(3)4)21-14(22)20-10-5-6-12(16)11(7-10)15(17,18)19/h5-9,13H,1-4H3,(H2,20,21,22). The fourth-order valence-corrected chi connectivity index (χ4v) is 2.72. The third-order valence-electron chi connectivity index (χ3n) is 3.26. The van der Waals surface area contributed by atoms with E-state index < -0.39 is 11.7 Å². The monoisotopic (exact) mass is 352 g/mol. The molecule has 2 N–H and O–H groups in total. The Hall–Kier alpha value is -1.01. The minimum Gasteiger partial charge on any atom is -0.359 e. The average molecular weight is 353 g/mol. The van der Waals surface area contributed by atoms with Crippen molar-refractivity contribution in [1.82, 2.24) is 5.32 Å². The maximum absolute atomic E-state index is 12.8. The molecular formula is C15H20ClF3N2S. The molecule has 1 rings (SSSR count). The molecule has 1 aromatic rings. The summed E-state index contributed by atoms with van der Waals surface area (Å²) >= 11 is 10.8. The molecule has 0 fully saturated rings. The first-order valence-electron chi connectivity index (χ1n) is 6.96. The predicted molar refractivity (Wildman–Crippen MR) is 89.3 cm³/mol. The van der Waals surface area contributed by atoms with Crippen molar-refractivity contribution in [1.29, 1.82) is 0 Å². The van der Waals surface area contributed by atoms with Gasteiger partial charge in [-0.15, -0.1) is 0 Å². The van der Waals surface area contributed by atoms with Crippen molar-refractivity contribution < 1.29 is 13.2 Å². The maximum atomic E-state index is 12.8. The van der Waals surface area contributed by atoms with Crippen LogP contribution in [0.1, 0.15) is 33.3 Å². The maximum Gasteiger partial charge on any atom is 0.417 e. The van der Waals surface area contributed by atoms with E-state index in [4.69, 9.17) is 23.8 Å². The molecule has 1 aromatic carbocycles. The normalized spacial score (nSPS) is 12.1. The summed E-state index contributed by atoms with van der Waals surface area (Å²) in [5.74, 6) is 0.686. The fourth-order valence-electron chi connectivity index (χ4n) is 2.24. The summed E-state index contributed by atoms with van der Waals surface area (Å²) in [5, 5.41) is 5.89. The number of hydrogen-bond acceptors (Lipinski definition) is 1. The lowest BCUT2D eigenvalue weighted by atomic mass is 9.93. The summed E-state index contributed by atoms with van der Waals surface area (Å²) in [6.07, 6.45) is -4.50. The molecule has 0 saturated heterocycles. The number of hydrogen-bond donors (Lipinski definition) is 2. The molecular weight excluding hydrogens is 333 g/mol. The molecule has 0 amide bonds. The lowest BCUT2D eigenvalue weighted by Crippen LogP contribution is -2.44. The first-order valence-corrected chi connectivity index (χ1v) is 7.75. The van der Waals surface area contributed by atoms with Crippen LogP contribution >= 0.6 is 23.8 Å². The molecule has 0 aromatic heterocycles. The van der Waals surface area contributed by atoms with Gasteiger partial charge in [-0.25, -0.2) is 0 Å². The van der Waals surface area contributed by atoms with Crippen molar-refractivity contribution in [3.05, 3.63) is 28.8 Å². The van der Waals surface area contributed by atoms with Crippen molar-refractivity contribution >= 4 is 34.6 Å². The molecule has 0 aliphatic heterocycles. The van der Waals surface area contributed by atoms with Gasteiger partial charge in [0.05, 0.1) is 10.6 Å². The van der Waals surface area contributed by atoms with Crippen molar-refractivity contribution in [2.24, 2.45) is 11.8 Å². The molecule has 0 radical (unpaired) electrons. The summed E-state index contributed by atoms with van der Waals surface area (Å²) in [4.78, 5) is 0. The van der Waals surface area contributed by atoms with Crippen LogP contribution in [0, 0.1) is 11.8 Å². The second-order valence-electron chi connectivity index (χ2n) is 5.80. The number of rotatable bonds is 4. The topological polar surface area (TPSA) is 24.1 Å². The van der Waals surface area contributed by atoms with Gasteiger partial charge in [0.25, 0.3) is 0 Å². The third-order valence-corrected chi connectivity index (χ3v) is 3.81. The van der Waals surface area contributed by atoms with Crippen LogP contribution in [0.3, 0.4) is 0 Å². The highest BCUT2D eigenvalue weighted by molar-refractivity contribution is 7.80. The molecule has 0 atom stereocenters. The van der Waals surface area contributed by atoms with Crippen LogP contribution in [0.25, 0.3) is 0 Å². The molecule has 0 spiro atoms. The Labute approximate surface area is 139 Å². The van der Waals surface area contributed by atoms with E-state index in [1.807, 2.05) is 0 Å². The molecule has 0 bridgehead atoms. The molecule has 0 saturated carbocycles. The van der Waals surface area contributed by atoms with Gasteiger partial charge in [-0.1, -0.05) is 39.3 Å². The van der Waals surface area contributed by atoms with Crippen molar-refractivity contribution in [2.75, 3.05) is 5.32 Å². The molecule has 22 heavy (non-hydrogen) atoms. The summed E-state index contributed by atoms with van der Waals surface area (Å²) in [6, 6.07) is 3.76. The van der Waals surface area contributed by atoms with Gasteiger partial charge in [-0.2, -0.15) is 13.2 Å². The number of halogens is 4. The first kappa shape index (κ1) is 19.0. The Kier molecular flexibility index (Phi) is 6.50. The Morgan fingerprint density at radius 2 is 1.68 bits per heavy atom. The lowest BCUT2D eigenvalue weighted by molar-refractivity contribution is -0.137. The Balaban J connectivity index is 2.85. The van der Waals surface area contributed by atoms with E-state index in [9.17, 15) is 13.2 Å². The van der Waals surface area contributed by atoms with E-state index >= 15 is 0 Å². The van der Waals surface area contributed by atoms with Gasteiger partial charge in [-0.3, -0.25) is 0 Å². The van der Waals surface area contributed by atoms with Crippen LogP contribution in [0.15, 0.2) is 18.2 Å². The van der Waals surface area contributed by atoms with E-state index in [0.717, 1.165) is 6.07 Å². The first-order chi connectivity index (χ1) is 10.0. The molecule has 124 valence electrons. The number of alkyl halides is 3. The van der Waals surface area contributed by atoms with Crippen LogP contribution in [0.2, 0.25) is 5.02 Å². The number of nitrogens with one attached hydrogen (secondary N) is 2. The zero-order valence-corrected chi connectivity index (χ0v) is 14.5. The molecule has 7 heteroatoms. The second-order valence-corrected chi connectivity index (χ2v) is 6.62. The van der Waals surface area contributed by atoms with Crippen molar-refractivity contribution in [3.8, 4) is 0 Å². The zero-order chi connectivity index (χ0) is 17.1. The van der Waals surface area contributed by atoms with Gasteiger partial charge in [0, 0.05) is 11.7 Å².